The third-order valence-electron chi connectivity index (χ3n) is 2.46. The summed E-state index contributed by atoms with van der Waals surface area (Å²) in [5.41, 5.74) is -0.256. The SMILES string of the molecule is O=C(O)c1cc(F)cc(-c2ncccc2C(=O)O)c1. The fourth-order valence-corrected chi connectivity index (χ4v) is 1.66. The van der Waals surface area contributed by atoms with E-state index in [2.05, 4.69) is 4.98 Å². The number of aromatic nitrogens is 1. The summed E-state index contributed by atoms with van der Waals surface area (Å²) in [7, 11) is 0. The number of hydrogen-bond acceptors (Lipinski definition) is 3. The molecule has 2 aromatic rings. The van der Waals surface area contributed by atoms with Gasteiger partial charge >= 0.3 is 11.9 Å². The van der Waals surface area contributed by atoms with Crippen molar-refractivity contribution in [2.45, 2.75) is 0 Å². The Bertz CT molecular complexity index is 669. The number of aromatic carboxylic acids is 2. The van der Waals surface area contributed by atoms with E-state index in [4.69, 9.17) is 10.2 Å². The number of nitrogens with zero attached hydrogens (tertiary/aromatic N) is 1. The summed E-state index contributed by atoms with van der Waals surface area (Å²) in [6, 6.07) is 5.83. The Hall–Kier alpha value is -2.76. The lowest BCUT2D eigenvalue weighted by molar-refractivity contribution is 0.0687. The van der Waals surface area contributed by atoms with Crippen LogP contribution in [0.3, 0.4) is 0 Å². The second-order valence-electron chi connectivity index (χ2n) is 3.74. The molecule has 0 aliphatic heterocycles. The zero-order chi connectivity index (χ0) is 14.0. The van der Waals surface area contributed by atoms with Gasteiger partial charge in [-0.05, 0) is 30.3 Å². The van der Waals surface area contributed by atoms with Gasteiger partial charge in [-0.1, -0.05) is 0 Å². The molecular weight excluding hydrogens is 253 g/mol. The lowest BCUT2D eigenvalue weighted by Gasteiger charge is -2.06. The van der Waals surface area contributed by atoms with Gasteiger partial charge in [0.1, 0.15) is 5.82 Å². The molecule has 0 saturated heterocycles. The molecule has 2 rings (SSSR count). The summed E-state index contributed by atoms with van der Waals surface area (Å²) in [6.45, 7) is 0. The molecule has 1 aromatic carbocycles. The van der Waals surface area contributed by atoms with E-state index < -0.39 is 17.8 Å². The highest BCUT2D eigenvalue weighted by molar-refractivity contribution is 5.96. The molecule has 0 atom stereocenters. The lowest BCUT2D eigenvalue weighted by Crippen LogP contribution is -2.03. The molecule has 1 aromatic heterocycles. The average molecular weight is 261 g/mol. The Morgan fingerprint density at radius 1 is 1.11 bits per heavy atom. The van der Waals surface area contributed by atoms with E-state index in [1.54, 1.807) is 0 Å². The molecular formula is C13H8FNO4. The van der Waals surface area contributed by atoms with E-state index in [-0.39, 0.29) is 22.4 Å². The van der Waals surface area contributed by atoms with Crippen molar-refractivity contribution in [3.8, 4) is 11.3 Å². The molecule has 96 valence electrons. The van der Waals surface area contributed by atoms with Gasteiger partial charge in [0.2, 0.25) is 0 Å². The lowest BCUT2D eigenvalue weighted by atomic mass is 10.0. The van der Waals surface area contributed by atoms with Crippen molar-refractivity contribution < 1.29 is 24.2 Å². The number of benzene rings is 1. The number of halogens is 1. The summed E-state index contributed by atoms with van der Waals surface area (Å²) in [6.07, 6.45) is 1.35. The van der Waals surface area contributed by atoms with Crippen LogP contribution in [0.4, 0.5) is 4.39 Å². The van der Waals surface area contributed by atoms with Crippen molar-refractivity contribution in [1.29, 1.82) is 0 Å². The van der Waals surface area contributed by atoms with Crippen LogP contribution in [-0.2, 0) is 0 Å². The molecule has 0 unspecified atom stereocenters. The van der Waals surface area contributed by atoms with E-state index >= 15 is 0 Å². The van der Waals surface area contributed by atoms with Gasteiger partial charge in [-0.2, -0.15) is 0 Å². The number of pyridine rings is 1. The number of carbonyl (C=O) groups is 2. The second-order valence-corrected chi connectivity index (χ2v) is 3.74. The maximum absolute atomic E-state index is 13.4. The van der Waals surface area contributed by atoms with Crippen LogP contribution in [0.2, 0.25) is 0 Å². The zero-order valence-corrected chi connectivity index (χ0v) is 9.50. The first-order valence-corrected chi connectivity index (χ1v) is 5.21. The second kappa shape index (κ2) is 4.85. The van der Waals surface area contributed by atoms with Crippen LogP contribution in [0.5, 0.6) is 0 Å². The highest BCUT2D eigenvalue weighted by Crippen LogP contribution is 2.23. The highest BCUT2D eigenvalue weighted by atomic mass is 19.1. The van der Waals surface area contributed by atoms with Crippen molar-refractivity contribution in [2.24, 2.45) is 0 Å². The molecule has 1 heterocycles. The van der Waals surface area contributed by atoms with Gasteiger partial charge in [-0.15, -0.1) is 0 Å². The smallest absolute Gasteiger partial charge is 0.337 e. The largest absolute Gasteiger partial charge is 0.478 e. The molecule has 6 heteroatoms. The minimum Gasteiger partial charge on any atom is -0.478 e. The fourth-order valence-electron chi connectivity index (χ4n) is 1.66. The number of carboxylic acids is 2. The third-order valence-corrected chi connectivity index (χ3v) is 2.46. The normalized spacial score (nSPS) is 10.2. The van der Waals surface area contributed by atoms with Crippen molar-refractivity contribution >= 4 is 11.9 Å². The van der Waals surface area contributed by atoms with Crippen LogP contribution in [0, 0.1) is 5.82 Å². The molecule has 0 aliphatic rings. The number of hydrogen-bond donors (Lipinski definition) is 2. The van der Waals surface area contributed by atoms with E-state index in [9.17, 15) is 14.0 Å². The van der Waals surface area contributed by atoms with Crippen LogP contribution in [0.25, 0.3) is 11.3 Å². The van der Waals surface area contributed by atoms with Gasteiger partial charge in [-0.3, -0.25) is 4.98 Å². The summed E-state index contributed by atoms with van der Waals surface area (Å²) >= 11 is 0. The molecule has 5 nitrogen and oxygen atoms in total. The van der Waals surface area contributed by atoms with Crippen LogP contribution < -0.4 is 0 Å². The zero-order valence-electron chi connectivity index (χ0n) is 9.50. The van der Waals surface area contributed by atoms with E-state index in [1.807, 2.05) is 0 Å². The first-order valence-electron chi connectivity index (χ1n) is 5.21. The Morgan fingerprint density at radius 2 is 1.84 bits per heavy atom. The van der Waals surface area contributed by atoms with Crippen LogP contribution >= 0.6 is 0 Å². The minimum atomic E-state index is -1.30. The molecule has 0 saturated carbocycles. The first kappa shape index (κ1) is 12.7. The summed E-state index contributed by atoms with van der Waals surface area (Å²) in [5, 5.41) is 17.9. The molecule has 2 N–H and O–H groups in total. The Kier molecular flexibility index (Phi) is 3.24. The highest BCUT2D eigenvalue weighted by Gasteiger charge is 2.15. The van der Waals surface area contributed by atoms with E-state index in [0.717, 1.165) is 12.1 Å². The van der Waals surface area contributed by atoms with E-state index in [1.165, 1.54) is 24.4 Å². The summed E-state index contributed by atoms with van der Waals surface area (Å²) < 4.78 is 13.4. The van der Waals surface area contributed by atoms with Gasteiger partial charge in [0.25, 0.3) is 0 Å². The number of carboxylic acid groups (broad SMARTS) is 2. The number of rotatable bonds is 3. The maximum Gasteiger partial charge on any atom is 0.337 e. The summed E-state index contributed by atoms with van der Waals surface area (Å²) in [4.78, 5) is 25.8. The quantitative estimate of drug-likeness (QED) is 0.884. The summed E-state index contributed by atoms with van der Waals surface area (Å²) in [5.74, 6) is -3.28. The van der Waals surface area contributed by atoms with E-state index in [0.29, 0.717) is 0 Å². The molecule has 0 fully saturated rings. The van der Waals surface area contributed by atoms with Crippen LogP contribution in [0.15, 0.2) is 36.5 Å². The molecule has 0 aliphatic carbocycles. The fraction of sp³-hybridized carbons (Fsp3) is 0. The maximum atomic E-state index is 13.4. The average Bonchev–Trinajstić information content (AvgIpc) is 2.37. The van der Waals surface area contributed by atoms with Crippen molar-refractivity contribution in [3.63, 3.8) is 0 Å². The van der Waals surface area contributed by atoms with Crippen LogP contribution in [0.1, 0.15) is 20.7 Å². The standard InChI is InChI=1S/C13H8FNO4/c14-9-5-7(4-8(6-9)12(16)17)11-10(13(18)19)2-1-3-15-11/h1-6H,(H,16,17)(H,18,19). The first-order chi connectivity index (χ1) is 8.99. The predicted octanol–water partition coefficient (Wildman–Crippen LogP) is 2.28. The van der Waals surface area contributed by atoms with Gasteiger partial charge in [-0.25, -0.2) is 14.0 Å². The Morgan fingerprint density at radius 3 is 2.47 bits per heavy atom. The Balaban J connectivity index is 2.65. The van der Waals surface area contributed by atoms with Crippen molar-refractivity contribution in [3.05, 3.63) is 53.5 Å². The molecule has 0 radical (unpaired) electrons. The molecule has 0 amide bonds. The van der Waals surface area contributed by atoms with Gasteiger partial charge < -0.3 is 10.2 Å². The Labute approximate surface area is 107 Å². The monoisotopic (exact) mass is 261 g/mol. The van der Waals surface area contributed by atoms with Gasteiger partial charge in [0.15, 0.2) is 0 Å². The minimum absolute atomic E-state index is 0.0250. The van der Waals surface area contributed by atoms with Crippen molar-refractivity contribution in [1.82, 2.24) is 4.98 Å². The predicted molar refractivity (Wildman–Crippen MR) is 63.5 cm³/mol. The molecule has 19 heavy (non-hydrogen) atoms. The van der Waals surface area contributed by atoms with Crippen molar-refractivity contribution in [2.75, 3.05) is 0 Å². The molecule has 0 spiro atoms. The third kappa shape index (κ3) is 2.57. The van der Waals surface area contributed by atoms with Gasteiger partial charge in [0.05, 0.1) is 16.8 Å². The van der Waals surface area contributed by atoms with Crippen LogP contribution in [-0.4, -0.2) is 27.1 Å². The van der Waals surface area contributed by atoms with Gasteiger partial charge in [0, 0.05) is 11.8 Å². The topological polar surface area (TPSA) is 87.5 Å². The molecule has 0 bridgehead atoms.